The van der Waals surface area contributed by atoms with E-state index in [2.05, 4.69) is 50.0 Å². The van der Waals surface area contributed by atoms with Gasteiger partial charge in [0.25, 0.3) is 0 Å². The zero-order valence-corrected chi connectivity index (χ0v) is 15.4. The van der Waals surface area contributed by atoms with Crippen LogP contribution in [0.3, 0.4) is 0 Å². The topological polar surface area (TPSA) is 81.7 Å². The number of rotatable bonds is 4. The quantitative estimate of drug-likeness (QED) is 0.681. The summed E-state index contributed by atoms with van der Waals surface area (Å²) in [6.45, 7) is 2.73. The fourth-order valence-corrected chi connectivity index (χ4v) is 4.52. The van der Waals surface area contributed by atoms with Gasteiger partial charge in [-0.05, 0) is 30.5 Å². The molecule has 3 N–H and O–H groups in total. The van der Waals surface area contributed by atoms with Gasteiger partial charge < -0.3 is 15.6 Å². The molecule has 0 bridgehead atoms. The van der Waals surface area contributed by atoms with Gasteiger partial charge in [0.1, 0.15) is 0 Å². The van der Waals surface area contributed by atoms with Gasteiger partial charge in [-0.25, -0.2) is 4.98 Å². The first-order chi connectivity index (χ1) is 12.1. The number of benzene rings is 1. The Morgan fingerprint density at radius 1 is 1.40 bits per heavy atom. The van der Waals surface area contributed by atoms with E-state index >= 15 is 0 Å². The summed E-state index contributed by atoms with van der Waals surface area (Å²) in [5, 5.41) is 3.80. The molecular weight excluding hydrogens is 356 g/mol. The van der Waals surface area contributed by atoms with Crippen molar-refractivity contribution in [3.63, 3.8) is 0 Å². The van der Waals surface area contributed by atoms with Crippen molar-refractivity contribution in [2.24, 2.45) is 5.73 Å². The molecule has 0 aliphatic carbocycles. The second-order valence-corrected chi connectivity index (χ2v) is 7.84. The summed E-state index contributed by atoms with van der Waals surface area (Å²) in [4.78, 5) is 13.2. The zero-order chi connectivity index (χ0) is 17.4. The van der Waals surface area contributed by atoms with E-state index in [1.807, 2.05) is 24.2 Å². The lowest BCUT2D eigenvalue weighted by Gasteiger charge is -2.12. The highest BCUT2D eigenvalue weighted by atomic mass is 35.5. The van der Waals surface area contributed by atoms with E-state index in [1.54, 1.807) is 0 Å². The van der Waals surface area contributed by atoms with Crippen LogP contribution >= 0.6 is 23.4 Å². The molecule has 1 aliphatic rings. The first-order valence-corrected chi connectivity index (χ1v) is 9.59. The van der Waals surface area contributed by atoms with Crippen molar-refractivity contribution >= 4 is 40.3 Å². The zero-order valence-electron chi connectivity index (χ0n) is 13.8. The first kappa shape index (κ1) is 16.6. The molecular formula is C17H19ClN6S. The summed E-state index contributed by atoms with van der Waals surface area (Å²) in [7, 11) is 0. The summed E-state index contributed by atoms with van der Waals surface area (Å²) in [5.41, 5.74) is 9.92. The van der Waals surface area contributed by atoms with E-state index in [-0.39, 0.29) is 16.7 Å². The Bertz CT molecular complexity index is 911. The van der Waals surface area contributed by atoms with Gasteiger partial charge in [-0.3, -0.25) is 0 Å². The third-order valence-electron chi connectivity index (χ3n) is 4.25. The standard InChI is InChI=1S/C17H19ClN6S/c1-10-3-2-4-11(5-10)7-20-15-14-16(23-17(18)22-15)24(9-21-14)13-6-12(19)8-25-13/h2-5,9,12-13H,6-8,19H2,1H3,(H,20,22,23)/t12-,13?/m0/s1. The Labute approximate surface area is 155 Å². The number of nitrogens with two attached hydrogens (primary N) is 1. The summed E-state index contributed by atoms with van der Waals surface area (Å²) in [6.07, 6.45) is 2.72. The molecule has 130 valence electrons. The van der Waals surface area contributed by atoms with Crippen molar-refractivity contribution in [3.05, 3.63) is 47.0 Å². The molecule has 1 aliphatic heterocycles. The van der Waals surface area contributed by atoms with Crippen LogP contribution in [0.2, 0.25) is 5.28 Å². The number of fused-ring (bicyclic) bond motifs is 1. The maximum absolute atomic E-state index is 6.16. The number of anilines is 1. The number of nitrogens with one attached hydrogen (secondary N) is 1. The number of thioether (sulfide) groups is 1. The minimum absolute atomic E-state index is 0.212. The average molecular weight is 375 g/mol. The molecule has 4 rings (SSSR count). The van der Waals surface area contributed by atoms with Crippen LogP contribution in [-0.4, -0.2) is 31.3 Å². The third kappa shape index (κ3) is 3.44. The highest BCUT2D eigenvalue weighted by molar-refractivity contribution is 7.99. The summed E-state index contributed by atoms with van der Waals surface area (Å²) in [5.74, 6) is 1.60. The van der Waals surface area contributed by atoms with Gasteiger partial charge in [0.15, 0.2) is 17.0 Å². The van der Waals surface area contributed by atoms with Gasteiger partial charge >= 0.3 is 0 Å². The summed E-state index contributed by atoms with van der Waals surface area (Å²) >= 11 is 7.98. The van der Waals surface area contributed by atoms with Gasteiger partial charge in [0, 0.05) is 18.3 Å². The number of hydrogen-bond acceptors (Lipinski definition) is 6. The first-order valence-electron chi connectivity index (χ1n) is 8.17. The van der Waals surface area contributed by atoms with Gasteiger partial charge in [0.2, 0.25) is 5.28 Å². The molecule has 0 saturated carbocycles. The molecule has 0 spiro atoms. The number of nitrogens with zero attached hydrogens (tertiary/aromatic N) is 4. The molecule has 1 unspecified atom stereocenters. The Morgan fingerprint density at radius 3 is 3.04 bits per heavy atom. The van der Waals surface area contributed by atoms with Gasteiger partial charge in [-0.1, -0.05) is 29.8 Å². The molecule has 3 aromatic rings. The third-order valence-corrected chi connectivity index (χ3v) is 5.85. The van der Waals surface area contributed by atoms with Crippen molar-refractivity contribution in [2.45, 2.75) is 31.3 Å². The van der Waals surface area contributed by atoms with Crippen LogP contribution < -0.4 is 11.1 Å². The fourth-order valence-electron chi connectivity index (χ4n) is 3.06. The highest BCUT2D eigenvalue weighted by Gasteiger charge is 2.26. The van der Waals surface area contributed by atoms with Crippen molar-refractivity contribution < 1.29 is 0 Å². The van der Waals surface area contributed by atoms with Crippen LogP contribution in [0.1, 0.15) is 22.9 Å². The Kier molecular flexibility index (Phi) is 4.54. The Balaban J connectivity index is 1.64. The lowest BCUT2D eigenvalue weighted by atomic mass is 10.1. The number of halogens is 1. The van der Waals surface area contributed by atoms with Crippen LogP contribution in [0.4, 0.5) is 5.82 Å². The van der Waals surface area contributed by atoms with Crippen LogP contribution in [0.25, 0.3) is 11.2 Å². The van der Waals surface area contributed by atoms with Crippen LogP contribution in [0, 0.1) is 6.92 Å². The monoisotopic (exact) mass is 374 g/mol. The molecule has 6 nitrogen and oxygen atoms in total. The number of aromatic nitrogens is 4. The van der Waals surface area contributed by atoms with Gasteiger partial charge in [0.05, 0.1) is 11.7 Å². The molecule has 0 amide bonds. The van der Waals surface area contributed by atoms with Gasteiger partial charge in [-0.15, -0.1) is 11.8 Å². The highest BCUT2D eigenvalue weighted by Crippen LogP contribution is 2.37. The summed E-state index contributed by atoms with van der Waals surface area (Å²) in [6, 6.07) is 8.56. The second-order valence-electron chi connectivity index (χ2n) is 6.29. The van der Waals surface area contributed by atoms with Crippen LogP contribution in [-0.2, 0) is 6.54 Å². The Hall–Kier alpha value is -1.83. The van der Waals surface area contributed by atoms with Crippen molar-refractivity contribution in [2.75, 3.05) is 11.1 Å². The normalized spacial score (nSPS) is 20.3. The maximum Gasteiger partial charge on any atom is 0.226 e. The molecule has 1 saturated heterocycles. The van der Waals surface area contributed by atoms with Crippen molar-refractivity contribution in [1.82, 2.24) is 19.5 Å². The molecule has 1 fully saturated rings. The predicted molar refractivity (Wildman–Crippen MR) is 103 cm³/mol. The average Bonchev–Trinajstić information content (AvgIpc) is 3.18. The smallest absolute Gasteiger partial charge is 0.226 e. The number of hydrogen-bond donors (Lipinski definition) is 2. The molecule has 2 atom stereocenters. The van der Waals surface area contributed by atoms with Crippen LogP contribution in [0.5, 0.6) is 0 Å². The largest absolute Gasteiger partial charge is 0.364 e. The molecule has 3 heterocycles. The molecule has 0 radical (unpaired) electrons. The molecule has 2 aromatic heterocycles. The summed E-state index contributed by atoms with van der Waals surface area (Å²) < 4.78 is 2.05. The number of imidazole rings is 1. The second kappa shape index (κ2) is 6.82. The molecule has 1 aromatic carbocycles. The number of aryl methyl sites for hydroxylation is 1. The van der Waals surface area contributed by atoms with E-state index < -0.39 is 0 Å². The van der Waals surface area contributed by atoms with Gasteiger partial charge in [-0.2, -0.15) is 9.97 Å². The van der Waals surface area contributed by atoms with E-state index in [9.17, 15) is 0 Å². The van der Waals surface area contributed by atoms with E-state index in [1.165, 1.54) is 11.1 Å². The molecule has 8 heteroatoms. The predicted octanol–water partition coefficient (Wildman–Crippen LogP) is 3.36. The van der Waals surface area contributed by atoms with E-state index in [0.29, 0.717) is 12.4 Å². The molecule has 25 heavy (non-hydrogen) atoms. The lowest BCUT2D eigenvalue weighted by Crippen LogP contribution is -2.18. The minimum Gasteiger partial charge on any atom is -0.364 e. The van der Waals surface area contributed by atoms with Crippen molar-refractivity contribution in [3.8, 4) is 0 Å². The SMILES string of the molecule is Cc1cccc(CNc2nc(Cl)nc3c2ncn3C2C[C@H](N)CS2)c1. The Morgan fingerprint density at radius 2 is 2.28 bits per heavy atom. The van der Waals surface area contributed by atoms with E-state index in [0.717, 1.165) is 23.3 Å². The lowest BCUT2D eigenvalue weighted by molar-refractivity contribution is 0.600. The fraction of sp³-hybridized carbons (Fsp3) is 0.353. The van der Waals surface area contributed by atoms with E-state index in [4.69, 9.17) is 17.3 Å². The maximum atomic E-state index is 6.16. The van der Waals surface area contributed by atoms with Crippen LogP contribution in [0.15, 0.2) is 30.6 Å². The minimum atomic E-state index is 0.212. The van der Waals surface area contributed by atoms with Crippen molar-refractivity contribution in [1.29, 1.82) is 0 Å².